The molecule has 0 aliphatic heterocycles. The van der Waals surface area contributed by atoms with Crippen LogP contribution in [0.15, 0.2) is 65.8 Å². The molecule has 0 aliphatic rings. The third-order valence-electron chi connectivity index (χ3n) is 3.79. The molecule has 1 aromatic heterocycles. The highest BCUT2D eigenvalue weighted by molar-refractivity contribution is 6.30. The van der Waals surface area contributed by atoms with Gasteiger partial charge in [-0.1, -0.05) is 54.1 Å². The van der Waals surface area contributed by atoms with E-state index in [-0.39, 0.29) is 0 Å². The van der Waals surface area contributed by atoms with E-state index in [1.165, 1.54) is 0 Å². The van der Waals surface area contributed by atoms with E-state index < -0.39 is 0 Å². The van der Waals surface area contributed by atoms with Crippen molar-refractivity contribution in [3.63, 3.8) is 0 Å². The number of aliphatic imine (C=N–C) groups is 1. The van der Waals surface area contributed by atoms with Gasteiger partial charge >= 0.3 is 0 Å². The van der Waals surface area contributed by atoms with Crippen LogP contribution < -0.4 is 10.6 Å². The van der Waals surface area contributed by atoms with Gasteiger partial charge in [0.05, 0.1) is 25.0 Å². The van der Waals surface area contributed by atoms with Crippen molar-refractivity contribution in [2.75, 3.05) is 6.54 Å². The molecule has 3 N–H and O–H groups in total. The van der Waals surface area contributed by atoms with Gasteiger partial charge in [0.1, 0.15) is 5.82 Å². The highest BCUT2D eigenvalue weighted by Gasteiger charge is 2.04. The van der Waals surface area contributed by atoms with Crippen LogP contribution in [0, 0.1) is 0 Å². The average Bonchev–Trinajstić information content (AvgIpc) is 3.14. The van der Waals surface area contributed by atoms with Crippen LogP contribution in [0.4, 0.5) is 0 Å². The fraction of sp³-hybridized carbons (Fsp3) is 0.200. The molecule has 3 aromatic rings. The topological polar surface area (TPSA) is 65.1 Å². The molecule has 6 heteroatoms. The lowest BCUT2D eigenvalue weighted by atomic mass is 10.2. The first kappa shape index (κ1) is 18.0. The third kappa shape index (κ3) is 5.10. The summed E-state index contributed by atoms with van der Waals surface area (Å²) in [6.07, 6.45) is 1.85. The van der Waals surface area contributed by atoms with Crippen molar-refractivity contribution in [3.8, 4) is 11.3 Å². The lowest BCUT2D eigenvalue weighted by Gasteiger charge is -2.10. The smallest absolute Gasteiger partial charge is 0.191 e. The monoisotopic (exact) mass is 367 g/mol. The summed E-state index contributed by atoms with van der Waals surface area (Å²) in [7, 11) is 0. The predicted molar refractivity (Wildman–Crippen MR) is 107 cm³/mol. The first-order valence-corrected chi connectivity index (χ1v) is 8.98. The van der Waals surface area contributed by atoms with Gasteiger partial charge in [0.15, 0.2) is 5.96 Å². The number of guanidine groups is 1. The van der Waals surface area contributed by atoms with Gasteiger partial charge in [-0.2, -0.15) is 0 Å². The maximum atomic E-state index is 6.02. The maximum Gasteiger partial charge on any atom is 0.191 e. The van der Waals surface area contributed by atoms with Gasteiger partial charge in [0.25, 0.3) is 0 Å². The second-order valence-corrected chi connectivity index (χ2v) is 6.22. The molecule has 0 saturated heterocycles. The molecule has 0 saturated carbocycles. The van der Waals surface area contributed by atoms with Crippen molar-refractivity contribution in [2.45, 2.75) is 20.0 Å². The van der Waals surface area contributed by atoms with E-state index >= 15 is 0 Å². The predicted octanol–water partition coefficient (Wildman–Crippen LogP) is 3.99. The Labute approximate surface area is 158 Å². The third-order valence-corrected chi connectivity index (χ3v) is 4.02. The van der Waals surface area contributed by atoms with Gasteiger partial charge in [-0.25, -0.2) is 9.98 Å². The molecule has 3 rings (SSSR count). The van der Waals surface area contributed by atoms with Gasteiger partial charge in [0.2, 0.25) is 0 Å². The molecule has 0 bridgehead atoms. The number of aromatic amines is 1. The van der Waals surface area contributed by atoms with Crippen LogP contribution in [0.3, 0.4) is 0 Å². The number of nitrogens with zero attached hydrogens (tertiary/aromatic N) is 2. The lowest BCUT2D eigenvalue weighted by Crippen LogP contribution is -2.37. The zero-order valence-electron chi connectivity index (χ0n) is 14.7. The molecule has 0 spiro atoms. The van der Waals surface area contributed by atoms with Crippen LogP contribution in [-0.4, -0.2) is 22.5 Å². The van der Waals surface area contributed by atoms with Gasteiger partial charge in [0, 0.05) is 11.6 Å². The van der Waals surface area contributed by atoms with E-state index in [1.807, 2.05) is 55.6 Å². The maximum absolute atomic E-state index is 6.02. The SMILES string of the molecule is CCNC(=NCc1cccc(Cl)c1)NCc1ncc(-c2ccccc2)[nH]1. The highest BCUT2D eigenvalue weighted by Crippen LogP contribution is 2.16. The molecule has 0 aliphatic carbocycles. The Morgan fingerprint density at radius 1 is 1.12 bits per heavy atom. The number of nitrogens with one attached hydrogen (secondary N) is 3. The summed E-state index contributed by atoms with van der Waals surface area (Å²) in [6.45, 7) is 3.95. The summed E-state index contributed by atoms with van der Waals surface area (Å²) < 4.78 is 0. The second kappa shape index (κ2) is 9.06. The zero-order valence-corrected chi connectivity index (χ0v) is 15.4. The minimum Gasteiger partial charge on any atom is -0.357 e. The Morgan fingerprint density at radius 2 is 1.96 bits per heavy atom. The molecule has 0 radical (unpaired) electrons. The van der Waals surface area contributed by atoms with Crippen LogP contribution in [0.25, 0.3) is 11.3 Å². The van der Waals surface area contributed by atoms with Crippen molar-refractivity contribution >= 4 is 17.6 Å². The zero-order chi connectivity index (χ0) is 18.2. The summed E-state index contributed by atoms with van der Waals surface area (Å²) in [5.74, 6) is 1.60. The largest absolute Gasteiger partial charge is 0.357 e. The van der Waals surface area contributed by atoms with Crippen LogP contribution >= 0.6 is 11.6 Å². The molecule has 1 heterocycles. The van der Waals surface area contributed by atoms with Crippen molar-refractivity contribution in [1.82, 2.24) is 20.6 Å². The number of hydrogen-bond acceptors (Lipinski definition) is 2. The quantitative estimate of drug-likeness (QED) is 0.456. The van der Waals surface area contributed by atoms with E-state index in [0.717, 1.165) is 40.2 Å². The Hall–Kier alpha value is -2.79. The Kier molecular flexibility index (Phi) is 6.28. The molecule has 0 unspecified atom stereocenters. The summed E-state index contributed by atoms with van der Waals surface area (Å²) in [5.41, 5.74) is 3.19. The fourth-order valence-corrected chi connectivity index (χ4v) is 2.74. The summed E-state index contributed by atoms with van der Waals surface area (Å²) in [6, 6.07) is 17.9. The summed E-state index contributed by atoms with van der Waals surface area (Å²) in [5, 5.41) is 7.26. The highest BCUT2D eigenvalue weighted by atomic mass is 35.5. The standard InChI is InChI=1S/C20H22ClN5/c1-2-22-20(24-12-15-7-6-10-17(21)11-15)25-14-19-23-13-18(26-19)16-8-4-3-5-9-16/h3-11,13H,2,12,14H2,1H3,(H,23,26)(H2,22,24,25). The summed E-state index contributed by atoms with van der Waals surface area (Å²) in [4.78, 5) is 12.4. The van der Waals surface area contributed by atoms with E-state index in [4.69, 9.17) is 11.6 Å². The first-order valence-electron chi connectivity index (χ1n) is 8.60. The van der Waals surface area contributed by atoms with Crippen LogP contribution in [-0.2, 0) is 13.1 Å². The lowest BCUT2D eigenvalue weighted by molar-refractivity contribution is 0.786. The normalized spacial score (nSPS) is 11.4. The summed E-state index contributed by atoms with van der Waals surface area (Å²) >= 11 is 6.02. The van der Waals surface area contributed by atoms with Gasteiger partial charge in [-0.05, 0) is 30.2 Å². The van der Waals surface area contributed by atoms with Gasteiger partial charge < -0.3 is 15.6 Å². The number of hydrogen-bond donors (Lipinski definition) is 3. The molecule has 0 amide bonds. The molecule has 0 atom stereocenters. The van der Waals surface area contributed by atoms with Crippen molar-refractivity contribution < 1.29 is 0 Å². The Balaban J connectivity index is 1.62. The fourth-order valence-electron chi connectivity index (χ4n) is 2.53. The molecule has 134 valence electrons. The number of halogens is 1. The molecular weight excluding hydrogens is 346 g/mol. The minimum absolute atomic E-state index is 0.559. The van der Waals surface area contributed by atoms with Crippen molar-refractivity contribution in [1.29, 1.82) is 0 Å². The molecular formula is C20H22ClN5. The van der Waals surface area contributed by atoms with E-state index in [1.54, 1.807) is 0 Å². The molecule has 5 nitrogen and oxygen atoms in total. The second-order valence-electron chi connectivity index (χ2n) is 5.79. The number of aromatic nitrogens is 2. The van der Waals surface area contributed by atoms with E-state index in [0.29, 0.717) is 13.1 Å². The average molecular weight is 368 g/mol. The Bertz CT molecular complexity index is 857. The van der Waals surface area contributed by atoms with Crippen LogP contribution in [0.5, 0.6) is 0 Å². The molecule has 0 fully saturated rings. The van der Waals surface area contributed by atoms with Crippen LogP contribution in [0.1, 0.15) is 18.3 Å². The number of rotatable bonds is 6. The van der Waals surface area contributed by atoms with Gasteiger partial charge in [-0.15, -0.1) is 0 Å². The van der Waals surface area contributed by atoms with Gasteiger partial charge in [-0.3, -0.25) is 0 Å². The minimum atomic E-state index is 0.559. The van der Waals surface area contributed by atoms with Crippen LogP contribution in [0.2, 0.25) is 5.02 Å². The van der Waals surface area contributed by atoms with E-state index in [2.05, 4.69) is 37.7 Å². The molecule has 2 aromatic carbocycles. The van der Waals surface area contributed by atoms with E-state index in [9.17, 15) is 0 Å². The number of benzene rings is 2. The van der Waals surface area contributed by atoms with Crippen molar-refractivity contribution in [2.24, 2.45) is 4.99 Å². The Morgan fingerprint density at radius 3 is 2.73 bits per heavy atom. The molecule has 26 heavy (non-hydrogen) atoms. The number of H-pyrrole nitrogens is 1. The first-order chi connectivity index (χ1) is 12.7. The number of imidazole rings is 1. The van der Waals surface area contributed by atoms with Crippen molar-refractivity contribution in [3.05, 3.63) is 77.2 Å².